The van der Waals surface area contributed by atoms with Crippen LogP contribution in [0, 0.1) is 0 Å². The number of amides is 1. The van der Waals surface area contributed by atoms with E-state index in [2.05, 4.69) is 9.97 Å². The molecule has 0 N–H and O–H groups in total. The predicted octanol–water partition coefficient (Wildman–Crippen LogP) is 3.80. The molecule has 0 aliphatic heterocycles. The van der Waals surface area contributed by atoms with Gasteiger partial charge < -0.3 is 4.90 Å². The third kappa shape index (κ3) is 3.81. The molecule has 1 aromatic carbocycles. The molecular formula is C18H17N3OS. The highest BCUT2D eigenvalue weighted by Gasteiger charge is 2.12. The van der Waals surface area contributed by atoms with E-state index in [-0.39, 0.29) is 5.91 Å². The Bertz CT molecular complexity index is 771. The Hall–Kier alpha value is -2.53. The molecular weight excluding hydrogens is 306 g/mol. The molecule has 0 radical (unpaired) electrons. The Morgan fingerprint density at radius 3 is 2.74 bits per heavy atom. The summed E-state index contributed by atoms with van der Waals surface area (Å²) < 4.78 is 0. The SMILES string of the molecule is CN(C(=O)CCc1csc(-c2cccnc2)n1)c1ccccc1. The van der Waals surface area contributed by atoms with Gasteiger partial charge in [0, 0.05) is 42.5 Å². The van der Waals surface area contributed by atoms with Crippen molar-refractivity contribution in [3.05, 3.63) is 65.9 Å². The molecule has 0 fully saturated rings. The van der Waals surface area contributed by atoms with Crippen LogP contribution in [0.4, 0.5) is 5.69 Å². The van der Waals surface area contributed by atoms with Crippen molar-refractivity contribution >= 4 is 22.9 Å². The number of carbonyl (C=O) groups excluding carboxylic acids is 1. The molecule has 0 saturated carbocycles. The summed E-state index contributed by atoms with van der Waals surface area (Å²) in [5, 5.41) is 2.95. The molecule has 0 bridgehead atoms. The van der Waals surface area contributed by atoms with Crippen LogP contribution in [0.5, 0.6) is 0 Å². The molecule has 3 aromatic rings. The maximum atomic E-state index is 12.3. The number of pyridine rings is 1. The van der Waals surface area contributed by atoms with Gasteiger partial charge in [-0.25, -0.2) is 4.98 Å². The minimum atomic E-state index is 0.0899. The fourth-order valence-corrected chi connectivity index (χ4v) is 3.09. The quantitative estimate of drug-likeness (QED) is 0.717. The molecule has 1 amide bonds. The average Bonchev–Trinajstić information content (AvgIpc) is 3.09. The minimum absolute atomic E-state index is 0.0899. The molecule has 0 atom stereocenters. The van der Waals surface area contributed by atoms with Gasteiger partial charge in [0.05, 0.1) is 5.69 Å². The molecule has 116 valence electrons. The number of aryl methyl sites for hydroxylation is 1. The van der Waals surface area contributed by atoms with Crippen LogP contribution in [-0.4, -0.2) is 22.9 Å². The van der Waals surface area contributed by atoms with Crippen molar-refractivity contribution < 1.29 is 4.79 Å². The number of para-hydroxylation sites is 1. The van der Waals surface area contributed by atoms with E-state index in [0.717, 1.165) is 22.0 Å². The van der Waals surface area contributed by atoms with Gasteiger partial charge >= 0.3 is 0 Å². The maximum Gasteiger partial charge on any atom is 0.227 e. The minimum Gasteiger partial charge on any atom is -0.315 e. The summed E-state index contributed by atoms with van der Waals surface area (Å²) in [6.45, 7) is 0. The van der Waals surface area contributed by atoms with E-state index in [1.54, 1.807) is 35.7 Å². The van der Waals surface area contributed by atoms with Crippen LogP contribution in [0.1, 0.15) is 12.1 Å². The Labute approximate surface area is 139 Å². The zero-order chi connectivity index (χ0) is 16.1. The number of hydrogen-bond acceptors (Lipinski definition) is 4. The number of rotatable bonds is 5. The number of anilines is 1. The molecule has 2 heterocycles. The normalized spacial score (nSPS) is 10.5. The fraction of sp³-hybridized carbons (Fsp3) is 0.167. The lowest BCUT2D eigenvalue weighted by Crippen LogP contribution is -2.26. The van der Waals surface area contributed by atoms with Gasteiger partial charge in [-0.2, -0.15) is 0 Å². The first kappa shape index (κ1) is 15.4. The van der Waals surface area contributed by atoms with Crippen LogP contribution in [-0.2, 0) is 11.2 Å². The highest BCUT2D eigenvalue weighted by atomic mass is 32.1. The summed E-state index contributed by atoms with van der Waals surface area (Å²) in [4.78, 5) is 22.7. The van der Waals surface area contributed by atoms with E-state index in [1.807, 2.05) is 47.8 Å². The standard InChI is InChI=1S/C18H17N3OS/c1-21(16-7-3-2-4-8-16)17(22)10-9-15-13-23-18(20-15)14-6-5-11-19-12-14/h2-8,11-13H,9-10H2,1H3. The average molecular weight is 323 g/mol. The Kier molecular flexibility index (Phi) is 4.78. The third-order valence-corrected chi connectivity index (χ3v) is 4.51. The number of thiazole rings is 1. The van der Waals surface area contributed by atoms with Gasteiger partial charge in [0.25, 0.3) is 0 Å². The predicted molar refractivity (Wildman–Crippen MR) is 93.5 cm³/mol. The molecule has 0 aliphatic rings. The third-order valence-electron chi connectivity index (χ3n) is 3.57. The van der Waals surface area contributed by atoms with Crippen LogP contribution >= 0.6 is 11.3 Å². The van der Waals surface area contributed by atoms with Crippen molar-refractivity contribution in [1.82, 2.24) is 9.97 Å². The topological polar surface area (TPSA) is 46.1 Å². The van der Waals surface area contributed by atoms with Crippen molar-refractivity contribution in [3.8, 4) is 10.6 Å². The molecule has 2 aromatic heterocycles. The lowest BCUT2D eigenvalue weighted by molar-refractivity contribution is -0.118. The lowest BCUT2D eigenvalue weighted by atomic mass is 10.2. The fourth-order valence-electron chi connectivity index (χ4n) is 2.24. The molecule has 4 nitrogen and oxygen atoms in total. The van der Waals surface area contributed by atoms with Gasteiger partial charge in [-0.3, -0.25) is 9.78 Å². The molecule has 3 rings (SSSR count). The first-order valence-electron chi connectivity index (χ1n) is 7.40. The summed E-state index contributed by atoms with van der Waals surface area (Å²) in [7, 11) is 1.81. The van der Waals surface area contributed by atoms with Crippen LogP contribution in [0.2, 0.25) is 0 Å². The molecule has 5 heteroatoms. The second-order valence-corrected chi connectivity index (χ2v) is 6.03. The van der Waals surface area contributed by atoms with E-state index < -0.39 is 0 Å². The van der Waals surface area contributed by atoms with E-state index in [4.69, 9.17) is 0 Å². The van der Waals surface area contributed by atoms with E-state index in [9.17, 15) is 4.79 Å². The number of benzene rings is 1. The molecule has 0 saturated heterocycles. The Morgan fingerprint density at radius 1 is 1.17 bits per heavy atom. The van der Waals surface area contributed by atoms with Gasteiger partial charge in [-0.15, -0.1) is 11.3 Å². The van der Waals surface area contributed by atoms with Crippen LogP contribution in [0.3, 0.4) is 0 Å². The smallest absolute Gasteiger partial charge is 0.227 e. The van der Waals surface area contributed by atoms with Gasteiger partial charge in [0.1, 0.15) is 5.01 Å². The lowest BCUT2D eigenvalue weighted by Gasteiger charge is -2.16. The molecule has 0 spiro atoms. The summed E-state index contributed by atoms with van der Waals surface area (Å²) in [5.41, 5.74) is 2.87. The van der Waals surface area contributed by atoms with Gasteiger partial charge in [0.15, 0.2) is 0 Å². The molecule has 23 heavy (non-hydrogen) atoms. The zero-order valence-corrected chi connectivity index (χ0v) is 13.7. The second-order valence-electron chi connectivity index (χ2n) is 5.17. The Morgan fingerprint density at radius 2 is 2.00 bits per heavy atom. The van der Waals surface area contributed by atoms with Crippen molar-refractivity contribution in [2.24, 2.45) is 0 Å². The van der Waals surface area contributed by atoms with Crippen LogP contribution in [0.15, 0.2) is 60.2 Å². The number of hydrogen-bond donors (Lipinski definition) is 0. The first-order chi connectivity index (χ1) is 11.2. The van der Waals surface area contributed by atoms with E-state index in [1.165, 1.54) is 0 Å². The number of aromatic nitrogens is 2. The van der Waals surface area contributed by atoms with E-state index >= 15 is 0 Å². The first-order valence-corrected chi connectivity index (χ1v) is 8.28. The van der Waals surface area contributed by atoms with Gasteiger partial charge in [-0.1, -0.05) is 18.2 Å². The van der Waals surface area contributed by atoms with Crippen LogP contribution < -0.4 is 4.90 Å². The van der Waals surface area contributed by atoms with Crippen molar-refractivity contribution in [3.63, 3.8) is 0 Å². The zero-order valence-electron chi connectivity index (χ0n) is 12.8. The van der Waals surface area contributed by atoms with Crippen LogP contribution in [0.25, 0.3) is 10.6 Å². The maximum absolute atomic E-state index is 12.3. The number of carbonyl (C=O) groups is 1. The van der Waals surface area contributed by atoms with Crippen molar-refractivity contribution in [2.45, 2.75) is 12.8 Å². The summed E-state index contributed by atoms with van der Waals surface area (Å²) in [5.74, 6) is 0.0899. The highest BCUT2D eigenvalue weighted by molar-refractivity contribution is 7.13. The van der Waals surface area contributed by atoms with Gasteiger partial charge in [0.2, 0.25) is 5.91 Å². The largest absolute Gasteiger partial charge is 0.315 e. The number of nitrogens with zero attached hydrogens (tertiary/aromatic N) is 3. The summed E-state index contributed by atoms with van der Waals surface area (Å²) in [6, 6.07) is 13.6. The van der Waals surface area contributed by atoms with Crippen molar-refractivity contribution in [2.75, 3.05) is 11.9 Å². The highest BCUT2D eigenvalue weighted by Crippen LogP contribution is 2.23. The summed E-state index contributed by atoms with van der Waals surface area (Å²) in [6.07, 6.45) is 4.64. The van der Waals surface area contributed by atoms with Crippen molar-refractivity contribution in [1.29, 1.82) is 0 Å². The van der Waals surface area contributed by atoms with E-state index in [0.29, 0.717) is 12.8 Å². The molecule has 0 unspecified atom stereocenters. The summed E-state index contributed by atoms with van der Waals surface area (Å²) >= 11 is 1.58. The monoisotopic (exact) mass is 323 g/mol. The van der Waals surface area contributed by atoms with Gasteiger partial charge in [-0.05, 0) is 30.7 Å². The Balaban J connectivity index is 1.61. The molecule has 0 aliphatic carbocycles. The second kappa shape index (κ2) is 7.15.